The second-order valence-electron chi connectivity index (χ2n) is 9.54. The molecule has 4 heterocycles. The average Bonchev–Trinajstić information content (AvgIpc) is 3.43. The molecule has 6 heteroatoms. The molecule has 3 saturated heterocycles. The van der Waals surface area contributed by atoms with Crippen molar-refractivity contribution >= 4 is 11.8 Å². The fourth-order valence-electron chi connectivity index (χ4n) is 5.72. The molecule has 0 bridgehead atoms. The number of hydrogen-bond donors (Lipinski definition) is 0. The lowest BCUT2D eigenvalue weighted by atomic mass is 9.85. The molecule has 0 saturated carbocycles. The quantitative estimate of drug-likeness (QED) is 0.729. The van der Waals surface area contributed by atoms with Crippen LogP contribution in [0.3, 0.4) is 0 Å². The fourth-order valence-corrected chi connectivity index (χ4v) is 5.72. The first-order chi connectivity index (χ1) is 15.6. The van der Waals surface area contributed by atoms with E-state index in [1.807, 2.05) is 11.0 Å². The molecule has 6 nitrogen and oxygen atoms in total. The molecule has 1 aromatic heterocycles. The van der Waals surface area contributed by atoms with Crippen LogP contribution in [0.15, 0.2) is 54.9 Å². The van der Waals surface area contributed by atoms with E-state index in [1.165, 1.54) is 5.56 Å². The van der Waals surface area contributed by atoms with Crippen LogP contribution in [0.2, 0.25) is 0 Å². The van der Waals surface area contributed by atoms with Gasteiger partial charge in [-0.3, -0.25) is 19.5 Å². The van der Waals surface area contributed by atoms with Crippen molar-refractivity contribution in [3.05, 3.63) is 66.0 Å². The molecule has 1 aromatic carbocycles. The predicted octanol–water partition coefficient (Wildman–Crippen LogP) is 2.85. The summed E-state index contributed by atoms with van der Waals surface area (Å²) >= 11 is 0. The molecule has 1 unspecified atom stereocenters. The molecule has 168 valence electrons. The molecular weight excluding hydrogens is 400 g/mol. The number of rotatable bonds is 5. The molecule has 3 fully saturated rings. The first kappa shape index (κ1) is 21.1. The summed E-state index contributed by atoms with van der Waals surface area (Å²) in [6.07, 6.45) is 8.20. The van der Waals surface area contributed by atoms with Crippen molar-refractivity contribution in [2.75, 3.05) is 39.3 Å². The number of piperidine rings is 1. The Morgan fingerprint density at radius 3 is 2.44 bits per heavy atom. The Hall–Kier alpha value is -2.73. The minimum atomic E-state index is -0.180. The molecule has 0 radical (unpaired) electrons. The van der Waals surface area contributed by atoms with Gasteiger partial charge in [-0.05, 0) is 56.3 Å². The van der Waals surface area contributed by atoms with Gasteiger partial charge in [0.25, 0.3) is 5.91 Å². The lowest BCUT2D eigenvalue weighted by molar-refractivity contribution is -0.135. The van der Waals surface area contributed by atoms with Gasteiger partial charge >= 0.3 is 0 Å². The van der Waals surface area contributed by atoms with E-state index in [9.17, 15) is 9.59 Å². The van der Waals surface area contributed by atoms with Crippen molar-refractivity contribution in [2.45, 2.75) is 38.1 Å². The van der Waals surface area contributed by atoms with Crippen molar-refractivity contribution in [1.82, 2.24) is 19.7 Å². The highest BCUT2D eigenvalue weighted by atomic mass is 16.2. The minimum Gasteiger partial charge on any atom is -0.342 e. The van der Waals surface area contributed by atoms with Crippen molar-refractivity contribution in [3.8, 4) is 0 Å². The number of carbonyl (C=O) groups is 2. The molecule has 3 aliphatic rings. The number of hydrogen-bond acceptors (Lipinski definition) is 4. The lowest BCUT2D eigenvalue weighted by Crippen LogP contribution is -2.47. The number of benzene rings is 1. The SMILES string of the molecule is O=C(c1ccncc1)N1CCC(N2CCC3(CCN(CCc4ccccc4)C3=O)C2)CC1. The molecule has 2 aromatic rings. The Bertz CT molecular complexity index is 943. The maximum atomic E-state index is 13.3. The van der Waals surface area contributed by atoms with E-state index in [2.05, 4.69) is 39.0 Å². The summed E-state index contributed by atoms with van der Waals surface area (Å²) in [6, 6.07) is 14.5. The van der Waals surface area contributed by atoms with Gasteiger partial charge in [0, 0.05) is 56.7 Å². The second kappa shape index (κ2) is 9.02. The Kier molecular flexibility index (Phi) is 5.96. The Morgan fingerprint density at radius 1 is 0.969 bits per heavy atom. The van der Waals surface area contributed by atoms with Gasteiger partial charge in [0.1, 0.15) is 0 Å². The highest BCUT2D eigenvalue weighted by Gasteiger charge is 2.51. The third-order valence-corrected chi connectivity index (χ3v) is 7.69. The molecule has 1 spiro atoms. The first-order valence-electron chi connectivity index (χ1n) is 11.9. The number of pyridine rings is 1. The van der Waals surface area contributed by atoms with Crippen molar-refractivity contribution in [2.24, 2.45) is 5.41 Å². The van der Waals surface area contributed by atoms with E-state index in [-0.39, 0.29) is 11.3 Å². The van der Waals surface area contributed by atoms with E-state index in [0.29, 0.717) is 17.5 Å². The van der Waals surface area contributed by atoms with Crippen LogP contribution in [-0.4, -0.2) is 76.8 Å². The van der Waals surface area contributed by atoms with Crippen LogP contribution in [0.4, 0.5) is 0 Å². The topological polar surface area (TPSA) is 56.8 Å². The van der Waals surface area contributed by atoms with Gasteiger partial charge in [-0.25, -0.2) is 0 Å². The van der Waals surface area contributed by atoms with Gasteiger partial charge in [0.05, 0.1) is 5.41 Å². The molecular formula is C26H32N4O2. The molecule has 3 aliphatic heterocycles. The number of nitrogens with zero attached hydrogens (tertiary/aromatic N) is 4. The molecule has 5 rings (SSSR count). The predicted molar refractivity (Wildman–Crippen MR) is 123 cm³/mol. The second-order valence-corrected chi connectivity index (χ2v) is 9.54. The maximum Gasteiger partial charge on any atom is 0.253 e. The molecule has 0 N–H and O–H groups in total. The van der Waals surface area contributed by atoms with Crippen LogP contribution in [0.5, 0.6) is 0 Å². The smallest absolute Gasteiger partial charge is 0.253 e. The van der Waals surface area contributed by atoms with E-state index < -0.39 is 0 Å². The summed E-state index contributed by atoms with van der Waals surface area (Å²) in [5.41, 5.74) is 1.83. The van der Waals surface area contributed by atoms with Crippen LogP contribution < -0.4 is 0 Å². The summed E-state index contributed by atoms with van der Waals surface area (Å²) in [7, 11) is 0. The van der Waals surface area contributed by atoms with Crippen LogP contribution in [-0.2, 0) is 11.2 Å². The van der Waals surface area contributed by atoms with Gasteiger partial charge in [-0.2, -0.15) is 0 Å². The standard InChI is InChI=1S/C26H32N4O2/c31-24(22-6-13-27-14-7-22)28-16-9-23(10-17-28)30-19-12-26(20-30)11-18-29(25(26)32)15-8-21-4-2-1-3-5-21/h1-7,13-14,23H,8-12,15-20H2. The Balaban J connectivity index is 1.13. The normalized spacial score (nSPS) is 24.6. The van der Waals surface area contributed by atoms with E-state index in [0.717, 1.165) is 71.4 Å². The Morgan fingerprint density at radius 2 is 1.69 bits per heavy atom. The van der Waals surface area contributed by atoms with Crippen molar-refractivity contribution in [1.29, 1.82) is 0 Å². The molecule has 1 atom stereocenters. The zero-order chi connectivity index (χ0) is 22.0. The van der Waals surface area contributed by atoms with Crippen LogP contribution in [0.25, 0.3) is 0 Å². The average molecular weight is 433 g/mol. The minimum absolute atomic E-state index is 0.101. The number of carbonyl (C=O) groups excluding carboxylic acids is 2. The third-order valence-electron chi connectivity index (χ3n) is 7.69. The Labute approximate surface area is 190 Å². The van der Waals surface area contributed by atoms with Crippen molar-refractivity contribution < 1.29 is 9.59 Å². The maximum absolute atomic E-state index is 13.3. The highest BCUT2D eigenvalue weighted by molar-refractivity contribution is 5.94. The summed E-state index contributed by atoms with van der Waals surface area (Å²) in [5, 5.41) is 0. The summed E-state index contributed by atoms with van der Waals surface area (Å²) in [6.45, 7) is 5.16. The third kappa shape index (κ3) is 4.16. The number of amides is 2. The number of likely N-dealkylation sites (tertiary alicyclic amines) is 3. The van der Waals surface area contributed by atoms with Gasteiger partial charge in [-0.1, -0.05) is 30.3 Å². The monoisotopic (exact) mass is 432 g/mol. The van der Waals surface area contributed by atoms with Gasteiger partial charge in [0.15, 0.2) is 0 Å². The van der Waals surface area contributed by atoms with Gasteiger partial charge in [-0.15, -0.1) is 0 Å². The molecule has 0 aliphatic carbocycles. The largest absolute Gasteiger partial charge is 0.342 e. The molecule has 2 amide bonds. The van der Waals surface area contributed by atoms with Gasteiger partial charge in [0.2, 0.25) is 5.91 Å². The fraction of sp³-hybridized carbons (Fsp3) is 0.500. The van der Waals surface area contributed by atoms with Gasteiger partial charge < -0.3 is 9.80 Å². The van der Waals surface area contributed by atoms with E-state index in [1.54, 1.807) is 24.5 Å². The van der Waals surface area contributed by atoms with E-state index in [4.69, 9.17) is 0 Å². The molecule has 32 heavy (non-hydrogen) atoms. The van der Waals surface area contributed by atoms with Crippen LogP contribution >= 0.6 is 0 Å². The lowest BCUT2D eigenvalue weighted by Gasteiger charge is -2.37. The summed E-state index contributed by atoms with van der Waals surface area (Å²) < 4.78 is 0. The summed E-state index contributed by atoms with van der Waals surface area (Å²) in [4.78, 5) is 36.6. The first-order valence-corrected chi connectivity index (χ1v) is 11.9. The van der Waals surface area contributed by atoms with E-state index >= 15 is 0 Å². The zero-order valence-electron chi connectivity index (χ0n) is 18.7. The zero-order valence-corrected chi connectivity index (χ0v) is 18.7. The highest BCUT2D eigenvalue weighted by Crippen LogP contribution is 2.42. The summed E-state index contributed by atoms with van der Waals surface area (Å²) in [5.74, 6) is 0.463. The van der Waals surface area contributed by atoms with Crippen LogP contribution in [0, 0.1) is 5.41 Å². The van der Waals surface area contributed by atoms with Crippen LogP contribution in [0.1, 0.15) is 41.6 Å². The number of aromatic nitrogens is 1. The van der Waals surface area contributed by atoms with Crippen molar-refractivity contribution in [3.63, 3.8) is 0 Å².